The van der Waals surface area contributed by atoms with E-state index in [4.69, 9.17) is 21.4 Å². The number of hydrogen-bond donors (Lipinski definition) is 2. The number of nitrogens with one attached hydrogen (secondary N) is 1. The molecule has 1 amide bonds. The van der Waals surface area contributed by atoms with Gasteiger partial charge in [0, 0.05) is 23.6 Å². The molecule has 0 saturated carbocycles. The Labute approximate surface area is 134 Å². The van der Waals surface area contributed by atoms with E-state index >= 15 is 0 Å². The Bertz CT molecular complexity index is 614. The molecule has 0 unspecified atom stereocenters. The number of ether oxygens (including phenoxy) is 1. The normalized spacial score (nSPS) is 10.3. The van der Waals surface area contributed by atoms with Crippen molar-refractivity contribution in [2.24, 2.45) is 0 Å². The average Bonchev–Trinajstić information content (AvgIpc) is 2.55. The maximum atomic E-state index is 11.7. The van der Waals surface area contributed by atoms with Crippen molar-refractivity contribution in [1.82, 2.24) is 5.32 Å². The molecule has 0 radical (unpaired) electrons. The van der Waals surface area contributed by atoms with Gasteiger partial charge < -0.3 is 15.2 Å². The van der Waals surface area contributed by atoms with Crippen LogP contribution in [-0.4, -0.2) is 30.8 Å². The van der Waals surface area contributed by atoms with Crippen LogP contribution in [0.25, 0.3) is 0 Å². The van der Waals surface area contributed by atoms with Crippen LogP contribution in [0.2, 0.25) is 5.02 Å². The van der Waals surface area contributed by atoms with Crippen LogP contribution < -0.4 is 10.1 Å². The lowest BCUT2D eigenvalue weighted by molar-refractivity contribution is 0.0944. The zero-order valence-electron chi connectivity index (χ0n) is 12.1. The van der Waals surface area contributed by atoms with E-state index in [9.17, 15) is 4.79 Å². The molecule has 2 aromatic rings. The van der Waals surface area contributed by atoms with Gasteiger partial charge in [-0.15, -0.1) is 0 Å². The number of aliphatic hydroxyl groups is 1. The molecule has 5 heteroatoms. The number of aliphatic hydroxyl groups excluding tert-OH is 1. The van der Waals surface area contributed by atoms with Gasteiger partial charge in [-0.2, -0.15) is 0 Å². The van der Waals surface area contributed by atoms with Crippen LogP contribution >= 0.6 is 11.6 Å². The van der Waals surface area contributed by atoms with E-state index in [1.54, 1.807) is 24.3 Å². The molecule has 0 heterocycles. The molecule has 0 aliphatic heterocycles. The Morgan fingerprint density at radius 1 is 1.14 bits per heavy atom. The Morgan fingerprint density at radius 3 is 2.55 bits per heavy atom. The van der Waals surface area contributed by atoms with Gasteiger partial charge in [0.15, 0.2) is 0 Å². The topological polar surface area (TPSA) is 58.6 Å². The highest BCUT2D eigenvalue weighted by atomic mass is 35.5. The van der Waals surface area contributed by atoms with Crippen molar-refractivity contribution in [3.63, 3.8) is 0 Å². The minimum Gasteiger partial charge on any atom is -0.493 e. The smallest absolute Gasteiger partial charge is 0.251 e. The van der Waals surface area contributed by atoms with Gasteiger partial charge in [0.25, 0.3) is 5.91 Å². The fraction of sp³-hybridized carbons (Fsp3) is 0.235. The summed E-state index contributed by atoms with van der Waals surface area (Å²) in [5.41, 5.74) is 1.58. The summed E-state index contributed by atoms with van der Waals surface area (Å²) >= 11 is 6.09. The predicted molar refractivity (Wildman–Crippen MR) is 86.5 cm³/mol. The van der Waals surface area contributed by atoms with Crippen LogP contribution in [-0.2, 0) is 6.42 Å². The Balaban J connectivity index is 1.84. The molecule has 2 aromatic carbocycles. The first-order chi connectivity index (χ1) is 10.7. The van der Waals surface area contributed by atoms with Gasteiger partial charge in [-0.05, 0) is 35.9 Å². The van der Waals surface area contributed by atoms with E-state index in [-0.39, 0.29) is 19.1 Å². The van der Waals surface area contributed by atoms with E-state index in [1.807, 2.05) is 24.3 Å². The quantitative estimate of drug-likeness (QED) is 0.825. The van der Waals surface area contributed by atoms with Crippen molar-refractivity contribution >= 4 is 17.5 Å². The summed E-state index contributed by atoms with van der Waals surface area (Å²) in [4.78, 5) is 11.7. The van der Waals surface area contributed by atoms with Crippen molar-refractivity contribution in [1.29, 1.82) is 0 Å². The van der Waals surface area contributed by atoms with Gasteiger partial charge in [0.05, 0.1) is 13.2 Å². The Kier molecular flexibility index (Phi) is 6.25. The monoisotopic (exact) mass is 319 g/mol. The molecule has 2 N–H and O–H groups in total. The number of benzene rings is 2. The molecule has 0 atom stereocenters. The maximum absolute atomic E-state index is 11.7. The largest absolute Gasteiger partial charge is 0.493 e. The molecule has 0 saturated heterocycles. The first kappa shape index (κ1) is 16.3. The Morgan fingerprint density at radius 2 is 1.86 bits per heavy atom. The molecular formula is C17H18ClNO3. The highest BCUT2D eigenvalue weighted by Crippen LogP contribution is 2.17. The van der Waals surface area contributed by atoms with Gasteiger partial charge in [-0.3, -0.25) is 4.79 Å². The van der Waals surface area contributed by atoms with Gasteiger partial charge in [0.1, 0.15) is 5.75 Å². The molecule has 0 aromatic heterocycles. The van der Waals surface area contributed by atoms with Crippen LogP contribution in [0.4, 0.5) is 0 Å². The highest BCUT2D eigenvalue weighted by molar-refractivity contribution is 6.31. The van der Waals surface area contributed by atoms with Gasteiger partial charge in [-0.1, -0.05) is 29.8 Å². The van der Waals surface area contributed by atoms with Crippen LogP contribution in [0, 0.1) is 0 Å². The van der Waals surface area contributed by atoms with Gasteiger partial charge in [0.2, 0.25) is 0 Å². The summed E-state index contributed by atoms with van der Waals surface area (Å²) in [6, 6.07) is 14.6. The van der Waals surface area contributed by atoms with Gasteiger partial charge in [-0.25, -0.2) is 0 Å². The maximum Gasteiger partial charge on any atom is 0.251 e. The van der Waals surface area contributed by atoms with Crippen molar-refractivity contribution < 1.29 is 14.6 Å². The second-order valence-electron chi connectivity index (χ2n) is 4.69. The van der Waals surface area contributed by atoms with Crippen LogP contribution in [0.15, 0.2) is 48.5 Å². The molecular weight excluding hydrogens is 302 g/mol. The summed E-state index contributed by atoms with van der Waals surface area (Å²) in [6.07, 6.45) is 0.721. The fourth-order valence-corrected chi connectivity index (χ4v) is 2.18. The molecule has 0 spiro atoms. The lowest BCUT2D eigenvalue weighted by Gasteiger charge is -2.08. The number of amides is 1. The fourth-order valence-electron chi connectivity index (χ4n) is 1.95. The van der Waals surface area contributed by atoms with Crippen LogP contribution in [0.3, 0.4) is 0 Å². The first-order valence-electron chi connectivity index (χ1n) is 7.06. The summed E-state index contributed by atoms with van der Waals surface area (Å²) in [6.45, 7) is 0.684. The van der Waals surface area contributed by atoms with E-state index in [2.05, 4.69) is 5.32 Å². The summed E-state index contributed by atoms with van der Waals surface area (Å²) in [5, 5.41) is 12.0. The molecule has 4 nitrogen and oxygen atoms in total. The van der Waals surface area contributed by atoms with Gasteiger partial charge >= 0.3 is 0 Å². The Hall–Kier alpha value is -2.04. The van der Waals surface area contributed by atoms with E-state index in [0.717, 1.165) is 17.0 Å². The number of carbonyl (C=O) groups is 1. The zero-order chi connectivity index (χ0) is 15.8. The number of carbonyl (C=O) groups excluding carboxylic acids is 1. The third-order valence-corrected chi connectivity index (χ3v) is 3.48. The molecule has 0 aliphatic carbocycles. The number of halogens is 1. The molecule has 0 bridgehead atoms. The van der Waals surface area contributed by atoms with E-state index in [0.29, 0.717) is 17.9 Å². The number of hydrogen-bond acceptors (Lipinski definition) is 3. The molecule has 2 rings (SSSR count). The van der Waals surface area contributed by atoms with Crippen molar-refractivity contribution in [3.8, 4) is 5.75 Å². The second-order valence-corrected chi connectivity index (χ2v) is 5.10. The second kappa shape index (κ2) is 8.41. The zero-order valence-corrected chi connectivity index (χ0v) is 12.8. The lowest BCUT2D eigenvalue weighted by Crippen LogP contribution is -2.26. The number of rotatable bonds is 7. The minimum atomic E-state index is -0.211. The predicted octanol–water partition coefficient (Wildman–Crippen LogP) is 2.68. The van der Waals surface area contributed by atoms with E-state index in [1.165, 1.54) is 0 Å². The van der Waals surface area contributed by atoms with Crippen LogP contribution in [0.5, 0.6) is 5.75 Å². The van der Waals surface area contributed by atoms with Crippen molar-refractivity contribution in [2.45, 2.75) is 6.42 Å². The summed E-state index contributed by atoms with van der Waals surface area (Å²) in [5.74, 6) is 0.488. The molecule has 0 aliphatic rings. The van der Waals surface area contributed by atoms with Crippen molar-refractivity contribution in [2.75, 3.05) is 19.8 Å². The third kappa shape index (κ3) is 4.76. The molecule has 22 heavy (non-hydrogen) atoms. The molecule has 116 valence electrons. The lowest BCUT2D eigenvalue weighted by atomic mass is 10.1. The van der Waals surface area contributed by atoms with Crippen LogP contribution in [0.1, 0.15) is 15.9 Å². The highest BCUT2D eigenvalue weighted by Gasteiger charge is 2.05. The SMILES string of the molecule is O=C(NCCO)c1ccc(OCCc2ccccc2Cl)cc1. The van der Waals surface area contributed by atoms with Crippen molar-refractivity contribution in [3.05, 3.63) is 64.7 Å². The summed E-state index contributed by atoms with van der Waals surface area (Å²) < 4.78 is 5.65. The summed E-state index contributed by atoms with van der Waals surface area (Å²) in [7, 11) is 0. The first-order valence-corrected chi connectivity index (χ1v) is 7.44. The average molecular weight is 320 g/mol. The minimum absolute atomic E-state index is 0.0744. The third-order valence-electron chi connectivity index (χ3n) is 3.11. The van der Waals surface area contributed by atoms with E-state index < -0.39 is 0 Å². The standard InChI is InChI=1S/C17H18ClNO3/c18-16-4-2-1-3-13(16)9-12-22-15-7-5-14(6-8-15)17(21)19-10-11-20/h1-8,20H,9-12H2,(H,19,21). The molecule has 0 fully saturated rings.